The second-order valence-electron chi connectivity index (χ2n) is 6.11. The second kappa shape index (κ2) is 9.84. The number of nitrogens with one attached hydrogen (secondary N) is 1. The summed E-state index contributed by atoms with van der Waals surface area (Å²) in [5, 5.41) is 2.97. The average Bonchev–Trinajstić information content (AvgIpc) is 2.61. The van der Waals surface area contributed by atoms with E-state index in [-0.39, 0.29) is 12.0 Å². The van der Waals surface area contributed by atoms with Crippen molar-refractivity contribution < 1.29 is 14.3 Å². The lowest BCUT2D eigenvalue weighted by atomic mass is 10.1. The number of carbonyl (C=O) groups is 1. The van der Waals surface area contributed by atoms with Crippen LogP contribution in [0.4, 0.5) is 0 Å². The first-order valence-electron chi connectivity index (χ1n) is 8.79. The largest absolute Gasteiger partial charge is 0.494 e. The number of ether oxygens (including phenoxy) is 2. The first-order valence-corrected chi connectivity index (χ1v) is 8.79. The van der Waals surface area contributed by atoms with Crippen molar-refractivity contribution in [3.63, 3.8) is 0 Å². The Labute approximate surface area is 150 Å². The molecule has 1 amide bonds. The van der Waals surface area contributed by atoms with Crippen LogP contribution in [0.15, 0.2) is 48.5 Å². The van der Waals surface area contributed by atoms with E-state index in [4.69, 9.17) is 9.47 Å². The lowest BCUT2D eigenvalue weighted by Crippen LogP contribution is -2.25. The molecule has 0 aliphatic rings. The molecule has 0 saturated heterocycles. The summed E-state index contributed by atoms with van der Waals surface area (Å²) in [4.78, 5) is 12.4. The fraction of sp³-hybridized carbons (Fsp3) is 0.381. The molecule has 1 N–H and O–H groups in total. The van der Waals surface area contributed by atoms with Crippen LogP contribution >= 0.6 is 0 Å². The lowest BCUT2D eigenvalue weighted by molar-refractivity contribution is 0.0641. The fourth-order valence-electron chi connectivity index (χ4n) is 2.45. The third-order valence-corrected chi connectivity index (χ3v) is 3.74. The standard InChI is InChI=1S/C21H27NO3/c1-4-24-20-11-10-18(14-19(20)15-25-16(2)3)21(23)22-13-12-17-8-6-5-7-9-17/h5-11,14,16H,4,12-13,15H2,1-3H3,(H,22,23). The quantitative estimate of drug-likeness (QED) is 0.750. The van der Waals surface area contributed by atoms with Crippen molar-refractivity contribution >= 4 is 5.91 Å². The molecule has 0 heterocycles. The molecule has 2 aromatic carbocycles. The Bertz CT molecular complexity index is 668. The van der Waals surface area contributed by atoms with E-state index in [1.165, 1.54) is 5.56 Å². The number of hydrogen-bond acceptors (Lipinski definition) is 3. The summed E-state index contributed by atoms with van der Waals surface area (Å²) in [6.45, 7) is 7.53. The summed E-state index contributed by atoms with van der Waals surface area (Å²) in [5.74, 6) is 0.689. The van der Waals surface area contributed by atoms with Crippen molar-refractivity contribution in [3.8, 4) is 5.75 Å². The summed E-state index contributed by atoms with van der Waals surface area (Å²) in [6.07, 6.45) is 0.935. The van der Waals surface area contributed by atoms with Gasteiger partial charge in [-0.3, -0.25) is 4.79 Å². The molecule has 25 heavy (non-hydrogen) atoms. The number of benzene rings is 2. The van der Waals surface area contributed by atoms with Gasteiger partial charge in [0.2, 0.25) is 0 Å². The maximum absolute atomic E-state index is 12.4. The predicted octanol–water partition coefficient (Wildman–Crippen LogP) is 3.98. The Morgan fingerprint density at radius 3 is 2.56 bits per heavy atom. The molecular weight excluding hydrogens is 314 g/mol. The van der Waals surface area contributed by atoms with Crippen LogP contribution in [-0.2, 0) is 17.8 Å². The Morgan fingerprint density at radius 1 is 1.12 bits per heavy atom. The SMILES string of the molecule is CCOc1ccc(C(=O)NCCc2ccccc2)cc1COC(C)C. The van der Waals surface area contributed by atoms with Crippen LogP contribution < -0.4 is 10.1 Å². The van der Waals surface area contributed by atoms with E-state index >= 15 is 0 Å². The third kappa shape index (κ3) is 6.24. The second-order valence-corrected chi connectivity index (χ2v) is 6.11. The van der Waals surface area contributed by atoms with Gasteiger partial charge in [0.15, 0.2) is 0 Å². The first kappa shape index (κ1) is 19.0. The van der Waals surface area contributed by atoms with Crippen molar-refractivity contribution in [3.05, 3.63) is 65.2 Å². The summed E-state index contributed by atoms with van der Waals surface area (Å²) < 4.78 is 11.3. The molecule has 2 rings (SSSR count). The molecule has 0 radical (unpaired) electrons. The smallest absolute Gasteiger partial charge is 0.251 e. The predicted molar refractivity (Wildman–Crippen MR) is 100 cm³/mol. The van der Waals surface area contributed by atoms with Crippen LogP contribution in [0.3, 0.4) is 0 Å². The fourth-order valence-corrected chi connectivity index (χ4v) is 2.45. The Hall–Kier alpha value is -2.33. The number of rotatable bonds is 9. The van der Waals surface area contributed by atoms with Gasteiger partial charge < -0.3 is 14.8 Å². The van der Waals surface area contributed by atoms with Gasteiger partial charge in [-0.25, -0.2) is 0 Å². The van der Waals surface area contributed by atoms with E-state index in [1.807, 2.05) is 51.1 Å². The van der Waals surface area contributed by atoms with Crippen LogP contribution in [0.1, 0.15) is 42.3 Å². The Morgan fingerprint density at radius 2 is 1.88 bits per heavy atom. The van der Waals surface area contributed by atoms with Crippen molar-refractivity contribution in [1.29, 1.82) is 0 Å². The van der Waals surface area contributed by atoms with Crippen molar-refractivity contribution in [2.75, 3.05) is 13.2 Å². The highest BCUT2D eigenvalue weighted by Crippen LogP contribution is 2.22. The molecular formula is C21H27NO3. The van der Waals surface area contributed by atoms with Gasteiger partial charge in [-0.2, -0.15) is 0 Å². The molecule has 134 valence electrons. The Balaban J connectivity index is 1.99. The zero-order chi connectivity index (χ0) is 18.1. The van der Waals surface area contributed by atoms with E-state index in [0.29, 0.717) is 25.3 Å². The van der Waals surface area contributed by atoms with E-state index in [9.17, 15) is 4.79 Å². The molecule has 2 aromatic rings. The molecule has 4 heteroatoms. The van der Waals surface area contributed by atoms with Crippen molar-refractivity contribution in [2.45, 2.75) is 39.9 Å². The van der Waals surface area contributed by atoms with Crippen LogP contribution in [0.25, 0.3) is 0 Å². The van der Waals surface area contributed by atoms with Crippen LogP contribution in [-0.4, -0.2) is 25.2 Å². The van der Waals surface area contributed by atoms with E-state index in [1.54, 1.807) is 6.07 Å². The molecule has 0 aliphatic heterocycles. The minimum Gasteiger partial charge on any atom is -0.494 e. The molecule has 0 spiro atoms. The summed E-state index contributed by atoms with van der Waals surface area (Å²) in [6, 6.07) is 15.6. The van der Waals surface area contributed by atoms with Crippen LogP contribution in [0.5, 0.6) is 5.75 Å². The molecule has 0 saturated carbocycles. The summed E-state index contributed by atoms with van der Waals surface area (Å²) >= 11 is 0. The number of amides is 1. The third-order valence-electron chi connectivity index (χ3n) is 3.74. The first-order chi connectivity index (χ1) is 12.1. The van der Waals surface area contributed by atoms with Crippen LogP contribution in [0, 0.1) is 0 Å². The minimum absolute atomic E-state index is 0.0789. The maximum atomic E-state index is 12.4. The van der Waals surface area contributed by atoms with Gasteiger partial charge in [0.25, 0.3) is 5.91 Å². The van der Waals surface area contributed by atoms with E-state index in [0.717, 1.165) is 17.7 Å². The van der Waals surface area contributed by atoms with Crippen molar-refractivity contribution in [1.82, 2.24) is 5.32 Å². The normalized spacial score (nSPS) is 10.7. The van der Waals surface area contributed by atoms with Gasteiger partial charge in [0.05, 0.1) is 19.3 Å². The number of carbonyl (C=O) groups excluding carboxylic acids is 1. The molecule has 0 unspecified atom stereocenters. The molecule has 0 aliphatic carbocycles. The molecule has 0 bridgehead atoms. The van der Waals surface area contributed by atoms with Gasteiger partial charge in [-0.1, -0.05) is 30.3 Å². The lowest BCUT2D eigenvalue weighted by Gasteiger charge is -2.14. The monoisotopic (exact) mass is 341 g/mol. The maximum Gasteiger partial charge on any atom is 0.251 e. The highest BCUT2D eigenvalue weighted by atomic mass is 16.5. The van der Waals surface area contributed by atoms with E-state index in [2.05, 4.69) is 17.4 Å². The Kier molecular flexibility index (Phi) is 7.48. The highest BCUT2D eigenvalue weighted by Gasteiger charge is 2.11. The van der Waals surface area contributed by atoms with Crippen LogP contribution in [0.2, 0.25) is 0 Å². The van der Waals surface area contributed by atoms with Gasteiger partial charge in [-0.05, 0) is 51.0 Å². The molecule has 4 nitrogen and oxygen atoms in total. The van der Waals surface area contributed by atoms with Gasteiger partial charge in [-0.15, -0.1) is 0 Å². The van der Waals surface area contributed by atoms with E-state index < -0.39 is 0 Å². The minimum atomic E-state index is -0.0789. The number of hydrogen-bond donors (Lipinski definition) is 1. The average molecular weight is 341 g/mol. The molecule has 0 atom stereocenters. The highest BCUT2D eigenvalue weighted by molar-refractivity contribution is 5.94. The molecule has 0 aromatic heterocycles. The van der Waals surface area contributed by atoms with Gasteiger partial charge in [0, 0.05) is 17.7 Å². The summed E-state index contributed by atoms with van der Waals surface area (Å²) in [5.41, 5.74) is 2.73. The molecule has 0 fully saturated rings. The topological polar surface area (TPSA) is 47.6 Å². The zero-order valence-corrected chi connectivity index (χ0v) is 15.2. The van der Waals surface area contributed by atoms with Gasteiger partial charge in [0.1, 0.15) is 5.75 Å². The summed E-state index contributed by atoms with van der Waals surface area (Å²) in [7, 11) is 0. The van der Waals surface area contributed by atoms with Crippen molar-refractivity contribution in [2.24, 2.45) is 0 Å². The zero-order valence-electron chi connectivity index (χ0n) is 15.2. The van der Waals surface area contributed by atoms with Gasteiger partial charge >= 0.3 is 0 Å².